The Balaban J connectivity index is 2.93. The van der Waals surface area contributed by atoms with Gasteiger partial charge in [0.15, 0.2) is 0 Å². The molecule has 0 radical (unpaired) electrons. The third-order valence-corrected chi connectivity index (χ3v) is 1.83. The minimum atomic E-state index is -0.441. The molecule has 0 saturated heterocycles. The zero-order valence-electron chi connectivity index (χ0n) is 7.46. The summed E-state index contributed by atoms with van der Waals surface area (Å²) in [6.07, 6.45) is 0. The van der Waals surface area contributed by atoms with Crippen LogP contribution in [-0.2, 0) is 4.74 Å². The van der Waals surface area contributed by atoms with E-state index in [0.717, 1.165) is 0 Å². The van der Waals surface area contributed by atoms with Gasteiger partial charge < -0.3 is 16.2 Å². The number of hydrogen-bond donors (Lipinski definition) is 2. The van der Waals surface area contributed by atoms with Crippen molar-refractivity contribution in [3.05, 3.63) is 29.6 Å². The lowest BCUT2D eigenvalue weighted by Gasteiger charge is -2.13. The molecule has 4 N–H and O–H groups in total. The van der Waals surface area contributed by atoms with Crippen LogP contribution in [0.2, 0.25) is 0 Å². The maximum absolute atomic E-state index is 13.0. The highest BCUT2D eigenvalue weighted by atomic mass is 19.1. The average molecular weight is 184 g/mol. The maximum Gasteiger partial charge on any atom is 0.146 e. The lowest BCUT2D eigenvalue weighted by atomic mass is 10.1. The van der Waals surface area contributed by atoms with E-state index in [-0.39, 0.29) is 11.7 Å². The zero-order valence-corrected chi connectivity index (χ0v) is 7.46. The van der Waals surface area contributed by atoms with Gasteiger partial charge in [-0.05, 0) is 11.6 Å². The van der Waals surface area contributed by atoms with Crippen molar-refractivity contribution in [2.24, 2.45) is 5.73 Å². The quantitative estimate of drug-likeness (QED) is 0.690. The Bertz CT molecular complexity index is 291. The minimum Gasteiger partial charge on any atom is -0.396 e. The monoisotopic (exact) mass is 184 g/mol. The number of halogens is 1. The summed E-state index contributed by atoms with van der Waals surface area (Å²) in [5, 5.41) is 0. The molecule has 0 spiro atoms. The fraction of sp³-hybridized carbons (Fsp3) is 0.333. The van der Waals surface area contributed by atoms with Crippen LogP contribution >= 0.6 is 0 Å². The molecule has 1 aromatic carbocycles. The summed E-state index contributed by atoms with van der Waals surface area (Å²) >= 11 is 0. The van der Waals surface area contributed by atoms with Crippen molar-refractivity contribution in [3.63, 3.8) is 0 Å². The standard InChI is InChI=1S/C9H13FN2O/c1-13-5-8(11)6-3-2-4-7(10)9(6)12/h2-4,8H,5,11-12H2,1H3/t8-/m1/s1. The second kappa shape index (κ2) is 4.20. The van der Waals surface area contributed by atoms with E-state index in [2.05, 4.69) is 0 Å². The van der Waals surface area contributed by atoms with Crippen molar-refractivity contribution in [1.82, 2.24) is 0 Å². The summed E-state index contributed by atoms with van der Waals surface area (Å²) < 4.78 is 17.8. The van der Waals surface area contributed by atoms with Gasteiger partial charge in [-0.15, -0.1) is 0 Å². The van der Waals surface area contributed by atoms with E-state index < -0.39 is 5.82 Å². The average Bonchev–Trinajstić information content (AvgIpc) is 2.10. The van der Waals surface area contributed by atoms with Gasteiger partial charge in [0.25, 0.3) is 0 Å². The summed E-state index contributed by atoms with van der Waals surface area (Å²) in [4.78, 5) is 0. The molecule has 0 amide bonds. The van der Waals surface area contributed by atoms with Gasteiger partial charge in [0.1, 0.15) is 5.82 Å². The van der Waals surface area contributed by atoms with Crippen molar-refractivity contribution in [2.45, 2.75) is 6.04 Å². The van der Waals surface area contributed by atoms with Gasteiger partial charge in [-0.1, -0.05) is 12.1 Å². The molecule has 72 valence electrons. The summed E-state index contributed by atoms with van der Waals surface area (Å²) in [6.45, 7) is 0.327. The summed E-state index contributed by atoms with van der Waals surface area (Å²) in [5.41, 5.74) is 11.9. The first-order valence-corrected chi connectivity index (χ1v) is 3.95. The van der Waals surface area contributed by atoms with Crippen LogP contribution in [0.15, 0.2) is 18.2 Å². The second-order valence-electron chi connectivity index (χ2n) is 2.80. The molecular formula is C9H13FN2O. The van der Waals surface area contributed by atoms with Gasteiger partial charge >= 0.3 is 0 Å². The van der Waals surface area contributed by atoms with Gasteiger partial charge in [0.05, 0.1) is 18.3 Å². The van der Waals surface area contributed by atoms with Crippen LogP contribution in [-0.4, -0.2) is 13.7 Å². The van der Waals surface area contributed by atoms with Gasteiger partial charge in [-0.2, -0.15) is 0 Å². The van der Waals surface area contributed by atoms with Crippen LogP contribution < -0.4 is 11.5 Å². The summed E-state index contributed by atoms with van der Waals surface area (Å²) in [5.74, 6) is -0.441. The molecule has 0 aromatic heterocycles. The Morgan fingerprint density at radius 1 is 1.54 bits per heavy atom. The third-order valence-electron chi connectivity index (χ3n) is 1.83. The number of nitrogen functional groups attached to an aromatic ring is 1. The smallest absolute Gasteiger partial charge is 0.146 e. The van der Waals surface area contributed by atoms with E-state index in [9.17, 15) is 4.39 Å². The van der Waals surface area contributed by atoms with Gasteiger partial charge in [-0.3, -0.25) is 0 Å². The molecule has 1 rings (SSSR count). The summed E-state index contributed by atoms with van der Waals surface area (Å²) in [7, 11) is 1.54. The molecule has 0 aliphatic rings. The molecule has 0 aliphatic carbocycles. The number of ether oxygens (including phenoxy) is 1. The molecular weight excluding hydrogens is 171 g/mol. The molecule has 3 nitrogen and oxygen atoms in total. The molecule has 1 atom stereocenters. The molecule has 0 aliphatic heterocycles. The van der Waals surface area contributed by atoms with Gasteiger partial charge in [0.2, 0.25) is 0 Å². The van der Waals surface area contributed by atoms with Crippen LogP contribution in [0.25, 0.3) is 0 Å². The van der Waals surface area contributed by atoms with Crippen molar-refractivity contribution >= 4 is 5.69 Å². The first kappa shape index (κ1) is 9.95. The molecule has 4 heteroatoms. The van der Waals surface area contributed by atoms with E-state index >= 15 is 0 Å². The Morgan fingerprint density at radius 2 is 2.23 bits per heavy atom. The van der Waals surface area contributed by atoms with Crippen LogP contribution in [0.4, 0.5) is 10.1 Å². The minimum absolute atomic E-state index is 0.104. The Hall–Kier alpha value is -1.13. The molecule has 0 heterocycles. The maximum atomic E-state index is 13.0. The highest BCUT2D eigenvalue weighted by Crippen LogP contribution is 2.21. The van der Waals surface area contributed by atoms with Crippen LogP contribution in [0.3, 0.4) is 0 Å². The molecule has 0 unspecified atom stereocenters. The molecule has 0 fully saturated rings. The molecule has 1 aromatic rings. The first-order chi connectivity index (χ1) is 6.16. The number of benzene rings is 1. The van der Waals surface area contributed by atoms with E-state index in [1.165, 1.54) is 13.2 Å². The normalized spacial score (nSPS) is 12.8. The summed E-state index contributed by atoms with van der Waals surface area (Å²) in [6, 6.07) is 4.21. The Labute approximate surface area is 76.5 Å². The number of para-hydroxylation sites is 1. The predicted octanol–water partition coefficient (Wildman–Crippen LogP) is 1.05. The van der Waals surface area contributed by atoms with Gasteiger partial charge in [0, 0.05) is 7.11 Å². The second-order valence-corrected chi connectivity index (χ2v) is 2.80. The number of nitrogens with two attached hydrogens (primary N) is 2. The highest BCUT2D eigenvalue weighted by Gasteiger charge is 2.11. The zero-order chi connectivity index (χ0) is 9.84. The van der Waals surface area contributed by atoms with E-state index in [4.69, 9.17) is 16.2 Å². The van der Waals surface area contributed by atoms with Crippen LogP contribution in [0.5, 0.6) is 0 Å². The number of hydrogen-bond acceptors (Lipinski definition) is 3. The lowest BCUT2D eigenvalue weighted by molar-refractivity contribution is 0.181. The largest absolute Gasteiger partial charge is 0.396 e. The van der Waals surface area contributed by atoms with E-state index in [0.29, 0.717) is 12.2 Å². The fourth-order valence-corrected chi connectivity index (χ4v) is 1.15. The molecule has 13 heavy (non-hydrogen) atoms. The topological polar surface area (TPSA) is 61.3 Å². The third kappa shape index (κ3) is 2.17. The number of rotatable bonds is 3. The van der Waals surface area contributed by atoms with Crippen LogP contribution in [0.1, 0.15) is 11.6 Å². The number of anilines is 1. The number of methoxy groups -OCH3 is 1. The Kier molecular flexibility index (Phi) is 3.22. The van der Waals surface area contributed by atoms with Crippen LogP contribution in [0, 0.1) is 5.82 Å². The highest BCUT2D eigenvalue weighted by molar-refractivity contribution is 5.49. The van der Waals surface area contributed by atoms with Crippen molar-refractivity contribution in [1.29, 1.82) is 0 Å². The first-order valence-electron chi connectivity index (χ1n) is 3.95. The van der Waals surface area contributed by atoms with Crippen molar-refractivity contribution in [2.75, 3.05) is 19.5 Å². The fourth-order valence-electron chi connectivity index (χ4n) is 1.15. The van der Waals surface area contributed by atoms with E-state index in [1.54, 1.807) is 12.1 Å². The SMILES string of the molecule is COC[C@@H](N)c1cccc(F)c1N. The predicted molar refractivity (Wildman–Crippen MR) is 49.6 cm³/mol. The Morgan fingerprint density at radius 3 is 2.85 bits per heavy atom. The van der Waals surface area contributed by atoms with E-state index in [1.807, 2.05) is 0 Å². The van der Waals surface area contributed by atoms with Crippen molar-refractivity contribution < 1.29 is 9.13 Å². The molecule has 0 bridgehead atoms. The van der Waals surface area contributed by atoms with Crippen molar-refractivity contribution in [3.8, 4) is 0 Å². The van der Waals surface area contributed by atoms with Gasteiger partial charge in [-0.25, -0.2) is 4.39 Å². The lowest BCUT2D eigenvalue weighted by Crippen LogP contribution is -2.18. The molecule has 0 saturated carbocycles.